The number of nitrogens with one attached hydrogen (secondary N) is 1. The molecule has 0 aromatic rings. The van der Waals surface area contributed by atoms with Gasteiger partial charge in [0.25, 0.3) is 0 Å². The quantitative estimate of drug-likeness (QED) is 0.775. The van der Waals surface area contributed by atoms with E-state index in [1.165, 1.54) is 38.5 Å². The van der Waals surface area contributed by atoms with E-state index in [1.807, 2.05) is 7.11 Å². The molecule has 2 N–H and O–H groups in total. The number of aliphatic hydroxyl groups excluding tert-OH is 1. The molecule has 1 unspecified atom stereocenters. The van der Waals surface area contributed by atoms with Crippen molar-refractivity contribution < 1.29 is 9.84 Å². The van der Waals surface area contributed by atoms with Crippen LogP contribution in [-0.2, 0) is 4.74 Å². The first kappa shape index (κ1) is 14.8. The molecular weight excluding hydrogens is 252 g/mol. The van der Waals surface area contributed by atoms with E-state index in [0.717, 1.165) is 32.5 Å². The highest BCUT2D eigenvalue weighted by Gasteiger charge is 2.38. The summed E-state index contributed by atoms with van der Waals surface area (Å²) in [6, 6.07) is 1.27. The molecule has 3 atom stereocenters. The van der Waals surface area contributed by atoms with Crippen LogP contribution in [0.15, 0.2) is 0 Å². The largest absolute Gasteiger partial charge is 0.392 e. The number of hydrogen-bond donors (Lipinski definition) is 2. The molecule has 2 saturated carbocycles. The van der Waals surface area contributed by atoms with Gasteiger partial charge in [0.2, 0.25) is 0 Å². The highest BCUT2D eigenvalue weighted by atomic mass is 16.5. The molecule has 0 aromatic carbocycles. The Labute approximate surface area is 122 Å². The third-order valence-electron chi connectivity index (χ3n) is 5.83. The summed E-state index contributed by atoms with van der Waals surface area (Å²) in [7, 11) is 1.86. The molecule has 1 saturated heterocycles. The third kappa shape index (κ3) is 3.03. The van der Waals surface area contributed by atoms with Gasteiger partial charge in [0.1, 0.15) is 0 Å². The lowest BCUT2D eigenvalue weighted by molar-refractivity contribution is -0.0772. The number of aliphatic hydroxyl groups is 1. The molecule has 116 valence electrons. The zero-order chi connectivity index (χ0) is 14.0. The maximum absolute atomic E-state index is 9.72. The SMILES string of the molecule is COC1(CCN[C@@H]2CCC[C@@H]2N2CCC(O)C2)CCC1. The van der Waals surface area contributed by atoms with Gasteiger partial charge >= 0.3 is 0 Å². The van der Waals surface area contributed by atoms with Crippen LogP contribution in [0.3, 0.4) is 0 Å². The van der Waals surface area contributed by atoms with E-state index in [2.05, 4.69) is 10.2 Å². The van der Waals surface area contributed by atoms with E-state index in [4.69, 9.17) is 4.74 Å². The van der Waals surface area contributed by atoms with Crippen molar-refractivity contribution in [3.63, 3.8) is 0 Å². The second kappa shape index (κ2) is 6.30. The summed E-state index contributed by atoms with van der Waals surface area (Å²) >= 11 is 0. The number of methoxy groups -OCH3 is 1. The van der Waals surface area contributed by atoms with Crippen molar-refractivity contribution in [2.24, 2.45) is 0 Å². The second-order valence-electron chi connectivity index (χ2n) is 6.99. The van der Waals surface area contributed by atoms with Gasteiger partial charge in [-0.1, -0.05) is 6.42 Å². The number of nitrogens with zero attached hydrogens (tertiary/aromatic N) is 1. The molecule has 4 nitrogen and oxygen atoms in total. The van der Waals surface area contributed by atoms with E-state index in [-0.39, 0.29) is 11.7 Å². The molecule has 3 fully saturated rings. The van der Waals surface area contributed by atoms with E-state index in [1.54, 1.807) is 0 Å². The summed E-state index contributed by atoms with van der Waals surface area (Å²) in [5.74, 6) is 0. The van der Waals surface area contributed by atoms with Gasteiger partial charge in [0.15, 0.2) is 0 Å². The predicted molar refractivity (Wildman–Crippen MR) is 79.8 cm³/mol. The van der Waals surface area contributed by atoms with Gasteiger partial charge in [-0.25, -0.2) is 0 Å². The Hall–Kier alpha value is -0.160. The second-order valence-corrected chi connectivity index (χ2v) is 6.99. The maximum atomic E-state index is 9.72. The van der Waals surface area contributed by atoms with Crippen LogP contribution in [0.5, 0.6) is 0 Å². The van der Waals surface area contributed by atoms with Gasteiger partial charge in [-0.3, -0.25) is 4.90 Å². The summed E-state index contributed by atoms with van der Waals surface area (Å²) in [6.07, 6.45) is 9.70. The maximum Gasteiger partial charge on any atom is 0.0690 e. The normalized spacial score (nSPS) is 37.2. The zero-order valence-corrected chi connectivity index (χ0v) is 12.8. The Bertz CT molecular complexity index is 314. The van der Waals surface area contributed by atoms with Crippen molar-refractivity contribution in [1.82, 2.24) is 10.2 Å². The Morgan fingerprint density at radius 3 is 2.70 bits per heavy atom. The van der Waals surface area contributed by atoms with Crippen molar-refractivity contribution in [2.45, 2.75) is 75.2 Å². The van der Waals surface area contributed by atoms with E-state index in [0.29, 0.717) is 12.1 Å². The third-order valence-corrected chi connectivity index (χ3v) is 5.83. The summed E-state index contributed by atoms with van der Waals surface area (Å²) < 4.78 is 5.70. The van der Waals surface area contributed by atoms with Gasteiger partial charge in [0, 0.05) is 32.3 Å². The molecule has 4 heteroatoms. The summed E-state index contributed by atoms with van der Waals surface area (Å²) in [5.41, 5.74) is 0.185. The van der Waals surface area contributed by atoms with Crippen LogP contribution >= 0.6 is 0 Å². The minimum absolute atomic E-state index is 0.0945. The molecule has 3 aliphatic rings. The zero-order valence-electron chi connectivity index (χ0n) is 12.8. The minimum Gasteiger partial charge on any atom is -0.392 e. The number of rotatable bonds is 6. The van der Waals surface area contributed by atoms with E-state index < -0.39 is 0 Å². The standard InChI is InChI=1S/C16H30N2O2/c1-20-16(7-3-8-16)9-10-17-14-4-2-5-15(14)18-11-6-13(19)12-18/h13-15,17,19H,2-12H2,1H3/t13?,14-,15+/m1/s1. The van der Waals surface area contributed by atoms with Gasteiger partial charge in [-0.2, -0.15) is 0 Å². The monoisotopic (exact) mass is 282 g/mol. The fraction of sp³-hybridized carbons (Fsp3) is 1.00. The van der Waals surface area contributed by atoms with Crippen LogP contribution in [-0.4, -0.2) is 60.5 Å². The van der Waals surface area contributed by atoms with E-state index in [9.17, 15) is 5.11 Å². The highest BCUT2D eigenvalue weighted by molar-refractivity contribution is 4.95. The molecule has 3 rings (SSSR count). The highest BCUT2D eigenvalue weighted by Crippen LogP contribution is 2.37. The average molecular weight is 282 g/mol. The molecule has 0 bridgehead atoms. The first-order chi connectivity index (χ1) is 9.72. The topological polar surface area (TPSA) is 44.7 Å². The Balaban J connectivity index is 1.44. The molecule has 1 heterocycles. The lowest BCUT2D eigenvalue weighted by atomic mass is 9.77. The molecule has 0 aromatic heterocycles. The summed E-state index contributed by atoms with van der Waals surface area (Å²) in [4.78, 5) is 2.50. The minimum atomic E-state index is -0.0945. The number of ether oxygens (including phenoxy) is 1. The lowest BCUT2D eigenvalue weighted by Gasteiger charge is -2.41. The number of likely N-dealkylation sites (tertiary alicyclic amines) is 1. The van der Waals surface area contributed by atoms with Crippen molar-refractivity contribution in [3.8, 4) is 0 Å². The number of hydrogen-bond acceptors (Lipinski definition) is 4. The van der Waals surface area contributed by atoms with Crippen LogP contribution in [0.2, 0.25) is 0 Å². The fourth-order valence-electron chi connectivity index (χ4n) is 4.30. The Morgan fingerprint density at radius 1 is 1.25 bits per heavy atom. The van der Waals surface area contributed by atoms with Crippen molar-refractivity contribution >= 4 is 0 Å². The average Bonchev–Trinajstić information content (AvgIpc) is 3.01. The number of β-amino-alcohol motifs (C(OH)–C–C–N with tert-alkyl or cyclic N) is 1. The van der Waals surface area contributed by atoms with Crippen LogP contribution < -0.4 is 5.32 Å². The Kier molecular flexibility index (Phi) is 4.65. The lowest BCUT2D eigenvalue weighted by Crippen LogP contribution is -2.48. The fourth-order valence-corrected chi connectivity index (χ4v) is 4.30. The van der Waals surface area contributed by atoms with Crippen LogP contribution in [0.1, 0.15) is 51.4 Å². The van der Waals surface area contributed by atoms with Gasteiger partial charge in [-0.05, 0) is 51.5 Å². The first-order valence-corrected chi connectivity index (χ1v) is 8.43. The molecule has 20 heavy (non-hydrogen) atoms. The smallest absolute Gasteiger partial charge is 0.0690 e. The van der Waals surface area contributed by atoms with Crippen LogP contribution in [0.25, 0.3) is 0 Å². The van der Waals surface area contributed by atoms with Crippen molar-refractivity contribution in [2.75, 3.05) is 26.7 Å². The molecule has 2 aliphatic carbocycles. The van der Waals surface area contributed by atoms with Crippen molar-refractivity contribution in [3.05, 3.63) is 0 Å². The summed E-state index contributed by atoms with van der Waals surface area (Å²) in [5, 5.41) is 13.5. The van der Waals surface area contributed by atoms with Crippen LogP contribution in [0, 0.1) is 0 Å². The van der Waals surface area contributed by atoms with Gasteiger partial charge in [0.05, 0.1) is 11.7 Å². The van der Waals surface area contributed by atoms with E-state index >= 15 is 0 Å². The summed E-state index contributed by atoms with van der Waals surface area (Å²) in [6.45, 7) is 3.03. The molecule has 0 radical (unpaired) electrons. The first-order valence-electron chi connectivity index (χ1n) is 8.43. The molecule has 0 spiro atoms. The Morgan fingerprint density at radius 2 is 2.10 bits per heavy atom. The van der Waals surface area contributed by atoms with Crippen molar-refractivity contribution in [1.29, 1.82) is 0 Å². The van der Waals surface area contributed by atoms with Gasteiger partial charge in [-0.15, -0.1) is 0 Å². The molecular formula is C16H30N2O2. The van der Waals surface area contributed by atoms with Gasteiger partial charge < -0.3 is 15.2 Å². The van der Waals surface area contributed by atoms with Crippen LogP contribution in [0.4, 0.5) is 0 Å². The molecule has 1 aliphatic heterocycles. The molecule has 0 amide bonds. The predicted octanol–water partition coefficient (Wildman–Crippen LogP) is 1.52.